The monoisotopic (exact) mass is 288 g/mol. The van der Waals surface area contributed by atoms with E-state index in [9.17, 15) is 4.79 Å². The summed E-state index contributed by atoms with van der Waals surface area (Å²) in [4.78, 5) is 17.0. The zero-order valence-electron chi connectivity index (χ0n) is 10.6. The molecule has 2 heterocycles. The van der Waals surface area contributed by atoms with Crippen LogP contribution in [0.1, 0.15) is 23.2 Å². The van der Waals surface area contributed by atoms with Crippen molar-refractivity contribution >= 4 is 28.7 Å². The highest BCUT2D eigenvalue weighted by atomic mass is 32.1. The van der Waals surface area contributed by atoms with Crippen LogP contribution in [0.15, 0.2) is 23.3 Å². The molecular weight excluding hydrogens is 276 g/mol. The summed E-state index contributed by atoms with van der Waals surface area (Å²) < 4.78 is 8.27. The maximum absolute atomic E-state index is 12.4. The first-order chi connectivity index (χ1) is 9.78. The molecule has 8 heteroatoms. The number of benzene rings is 1. The van der Waals surface area contributed by atoms with Crippen LogP contribution in [0.2, 0.25) is 0 Å². The van der Waals surface area contributed by atoms with Crippen LogP contribution in [0.25, 0.3) is 21.5 Å². The Kier molecular flexibility index (Phi) is 3.49. The van der Waals surface area contributed by atoms with Crippen LogP contribution in [0.3, 0.4) is 0 Å². The fourth-order valence-electron chi connectivity index (χ4n) is 2.36. The van der Waals surface area contributed by atoms with E-state index >= 15 is 0 Å². The largest absolute Gasteiger partial charge is 0.339 e. The number of rotatable bonds is 2. The molecule has 2 aromatic rings. The van der Waals surface area contributed by atoms with Gasteiger partial charge in [0.1, 0.15) is 11.0 Å². The van der Waals surface area contributed by atoms with Gasteiger partial charge in [0, 0.05) is 29.6 Å². The number of fused-ring (bicyclic) bond motifs is 1. The lowest BCUT2D eigenvalue weighted by Crippen LogP contribution is -2.39. The molecule has 0 spiro atoms. The van der Waals surface area contributed by atoms with Gasteiger partial charge >= 0.3 is 0 Å². The molecule has 20 heavy (non-hydrogen) atoms. The van der Waals surface area contributed by atoms with E-state index in [0.717, 1.165) is 35.6 Å². The second-order valence-electron chi connectivity index (χ2n) is 4.70. The molecule has 0 unspecified atom stereocenters. The van der Waals surface area contributed by atoms with Crippen molar-refractivity contribution in [3.63, 3.8) is 0 Å². The highest BCUT2D eigenvalue weighted by Gasteiger charge is 2.23. The minimum atomic E-state index is -0.000660. The molecule has 1 amide bonds. The lowest BCUT2D eigenvalue weighted by Gasteiger charge is -2.30. The minimum absolute atomic E-state index is 0.000660. The van der Waals surface area contributed by atoms with E-state index in [4.69, 9.17) is 5.53 Å². The quantitative estimate of drug-likeness (QED) is 0.482. The normalized spacial score (nSPS) is 16.1. The van der Waals surface area contributed by atoms with E-state index in [-0.39, 0.29) is 11.9 Å². The fraction of sp³-hybridized carbons (Fsp3) is 0.417. The van der Waals surface area contributed by atoms with Crippen molar-refractivity contribution in [2.45, 2.75) is 18.9 Å². The van der Waals surface area contributed by atoms with Crippen molar-refractivity contribution in [1.29, 1.82) is 0 Å². The number of hydrogen-bond donors (Lipinski definition) is 0. The van der Waals surface area contributed by atoms with Crippen LogP contribution in [0.5, 0.6) is 0 Å². The second kappa shape index (κ2) is 5.44. The van der Waals surface area contributed by atoms with Gasteiger partial charge in [-0.3, -0.25) is 4.79 Å². The summed E-state index contributed by atoms with van der Waals surface area (Å²) in [7, 11) is 0. The third-order valence-electron chi connectivity index (χ3n) is 3.47. The Morgan fingerprint density at radius 1 is 1.35 bits per heavy atom. The molecular formula is C12H12N6OS. The van der Waals surface area contributed by atoms with Crippen LogP contribution in [0.4, 0.5) is 0 Å². The Balaban J connectivity index is 1.74. The topological polar surface area (TPSA) is 94.9 Å². The number of carbonyl (C=O) groups is 1. The van der Waals surface area contributed by atoms with Gasteiger partial charge in [0.05, 0.1) is 11.7 Å². The molecule has 1 aliphatic heterocycles. The number of carbonyl (C=O) groups excluding carboxylic acids is 1. The van der Waals surface area contributed by atoms with Crippen LogP contribution in [-0.4, -0.2) is 38.7 Å². The Morgan fingerprint density at radius 2 is 2.10 bits per heavy atom. The van der Waals surface area contributed by atoms with Crippen LogP contribution < -0.4 is 0 Å². The highest BCUT2D eigenvalue weighted by molar-refractivity contribution is 7.00. The van der Waals surface area contributed by atoms with Gasteiger partial charge in [-0.25, -0.2) is 0 Å². The Hall–Kier alpha value is -2.18. The summed E-state index contributed by atoms with van der Waals surface area (Å²) in [6, 6.07) is 5.39. The summed E-state index contributed by atoms with van der Waals surface area (Å²) in [5.74, 6) is -0.000660. The Bertz CT molecular complexity index is 684. The smallest absolute Gasteiger partial charge is 0.253 e. The molecule has 3 rings (SSSR count). The average Bonchev–Trinajstić information content (AvgIpc) is 2.95. The van der Waals surface area contributed by atoms with E-state index in [2.05, 4.69) is 18.8 Å². The number of piperidine rings is 1. The lowest BCUT2D eigenvalue weighted by molar-refractivity contribution is 0.0715. The standard InChI is InChI=1S/C12H12N6OS/c13-17-14-9-3-5-18(6-4-9)12(19)8-1-2-10-11(7-8)16-20-15-10/h1-2,7,9H,3-6H2. The lowest BCUT2D eigenvalue weighted by atomic mass is 10.0. The fourth-order valence-corrected chi connectivity index (χ4v) is 2.87. The first kappa shape index (κ1) is 12.8. The maximum atomic E-state index is 12.4. The summed E-state index contributed by atoms with van der Waals surface area (Å²) in [6.45, 7) is 1.24. The van der Waals surface area contributed by atoms with Crippen molar-refractivity contribution in [1.82, 2.24) is 13.6 Å². The van der Waals surface area contributed by atoms with Crippen molar-refractivity contribution in [3.8, 4) is 0 Å². The molecule has 7 nitrogen and oxygen atoms in total. The number of likely N-dealkylation sites (tertiary alicyclic amines) is 1. The highest BCUT2D eigenvalue weighted by Crippen LogP contribution is 2.19. The van der Waals surface area contributed by atoms with E-state index in [1.165, 1.54) is 0 Å². The SMILES string of the molecule is [N-]=[N+]=NC1CCN(C(=O)c2ccc3nsnc3c2)CC1. The van der Waals surface area contributed by atoms with E-state index in [1.807, 2.05) is 6.07 Å². The number of aromatic nitrogens is 2. The molecule has 0 N–H and O–H groups in total. The Morgan fingerprint density at radius 3 is 2.85 bits per heavy atom. The minimum Gasteiger partial charge on any atom is -0.339 e. The van der Waals surface area contributed by atoms with E-state index < -0.39 is 0 Å². The predicted octanol–water partition coefficient (Wildman–Crippen LogP) is 2.61. The van der Waals surface area contributed by atoms with Gasteiger partial charge in [0.2, 0.25) is 0 Å². The van der Waals surface area contributed by atoms with Gasteiger partial charge in [0.15, 0.2) is 0 Å². The summed E-state index contributed by atoms with van der Waals surface area (Å²) in [5, 5.41) is 3.71. The molecule has 1 aromatic carbocycles. The summed E-state index contributed by atoms with van der Waals surface area (Å²) in [5.41, 5.74) is 10.6. The second-order valence-corrected chi connectivity index (χ2v) is 5.22. The third-order valence-corrected chi connectivity index (χ3v) is 4.02. The van der Waals surface area contributed by atoms with E-state index in [1.54, 1.807) is 17.0 Å². The molecule has 1 aromatic heterocycles. The van der Waals surface area contributed by atoms with Gasteiger partial charge in [-0.05, 0) is 36.6 Å². The molecule has 0 saturated carbocycles. The average molecular weight is 288 g/mol. The Labute approximate surface area is 119 Å². The van der Waals surface area contributed by atoms with Gasteiger partial charge < -0.3 is 4.90 Å². The molecule has 0 bridgehead atoms. The zero-order valence-corrected chi connectivity index (χ0v) is 11.5. The molecule has 0 radical (unpaired) electrons. The number of nitrogens with zero attached hydrogens (tertiary/aromatic N) is 6. The predicted molar refractivity (Wildman–Crippen MR) is 75.5 cm³/mol. The van der Waals surface area contributed by atoms with Crippen molar-refractivity contribution in [3.05, 3.63) is 34.2 Å². The van der Waals surface area contributed by atoms with Gasteiger partial charge in [-0.2, -0.15) is 8.75 Å². The van der Waals surface area contributed by atoms with Crippen LogP contribution in [-0.2, 0) is 0 Å². The van der Waals surface area contributed by atoms with Crippen LogP contribution in [0, 0.1) is 0 Å². The summed E-state index contributed by atoms with van der Waals surface area (Å²) >= 11 is 1.14. The zero-order chi connectivity index (χ0) is 13.9. The number of amides is 1. The van der Waals surface area contributed by atoms with Crippen molar-refractivity contribution < 1.29 is 4.79 Å². The maximum Gasteiger partial charge on any atom is 0.253 e. The van der Waals surface area contributed by atoms with Crippen LogP contribution >= 0.6 is 11.7 Å². The number of azide groups is 1. The summed E-state index contributed by atoms with van der Waals surface area (Å²) in [6.07, 6.45) is 1.44. The molecule has 1 aliphatic rings. The third kappa shape index (κ3) is 2.43. The van der Waals surface area contributed by atoms with Gasteiger partial charge in [0.25, 0.3) is 5.91 Å². The van der Waals surface area contributed by atoms with Gasteiger partial charge in [-0.1, -0.05) is 5.11 Å². The van der Waals surface area contributed by atoms with Crippen molar-refractivity contribution in [2.75, 3.05) is 13.1 Å². The van der Waals surface area contributed by atoms with E-state index in [0.29, 0.717) is 18.7 Å². The van der Waals surface area contributed by atoms with Gasteiger partial charge in [-0.15, -0.1) is 0 Å². The first-order valence-corrected chi connectivity index (χ1v) is 7.07. The van der Waals surface area contributed by atoms with Crippen molar-refractivity contribution in [2.24, 2.45) is 5.11 Å². The first-order valence-electron chi connectivity index (χ1n) is 6.34. The molecule has 1 fully saturated rings. The molecule has 0 atom stereocenters. The molecule has 102 valence electrons. The molecule has 1 saturated heterocycles. The molecule has 0 aliphatic carbocycles. The number of hydrogen-bond acceptors (Lipinski definition) is 5.